The number of anilines is 2. The molecule has 0 radical (unpaired) electrons. The number of rotatable bonds is 8. The smallest absolute Gasteiger partial charge is 0.241 e. The lowest BCUT2D eigenvalue weighted by Gasteiger charge is -2.14. The van der Waals surface area contributed by atoms with Crippen molar-refractivity contribution >= 4 is 11.9 Å². The van der Waals surface area contributed by atoms with Crippen LogP contribution in [0.1, 0.15) is 20.3 Å². The fourth-order valence-electron chi connectivity index (χ4n) is 1.75. The van der Waals surface area contributed by atoms with Gasteiger partial charge in [-0.3, -0.25) is 4.57 Å². The van der Waals surface area contributed by atoms with Gasteiger partial charge in [-0.15, -0.1) is 0 Å². The van der Waals surface area contributed by atoms with E-state index in [9.17, 15) is 0 Å². The van der Waals surface area contributed by atoms with E-state index in [2.05, 4.69) is 37.5 Å². The third-order valence-corrected chi connectivity index (χ3v) is 2.82. The number of hydrogen-bond acceptors (Lipinski definition) is 7. The molecule has 0 bridgehead atoms. The van der Waals surface area contributed by atoms with Crippen molar-refractivity contribution in [2.75, 3.05) is 30.9 Å². The molecule has 1 unspecified atom stereocenters. The predicted octanol–water partition coefficient (Wildman–Crippen LogP) is 1.33. The fourth-order valence-corrected chi connectivity index (χ4v) is 1.75. The zero-order valence-corrected chi connectivity index (χ0v) is 12.6. The van der Waals surface area contributed by atoms with Gasteiger partial charge in [0.25, 0.3) is 0 Å². The van der Waals surface area contributed by atoms with E-state index in [1.165, 1.54) is 0 Å². The van der Waals surface area contributed by atoms with Crippen LogP contribution in [0.4, 0.5) is 11.9 Å². The summed E-state index contributed by atoms with van der Waals surface area (Å²) in [6.07, 6.45) is 6.01. The number of nitrogens with one attached hydrogen (secondary N) is 2. The van der Waals surface area contributed by atoms with Crippen molar-refractivity contribution in [1.82, 2.24) is 24.5 Å². The van der Waals surface area contributed by atoms with E-state index in [1.54, 1.807) is 30.4 Å². The van der Waals surface area contributed by atoms with Gasteiger partial charge in [-0.2, -0.15) is 15.0 Å². The van der Waals surface area contributed by atoms with Crippen molar-refractivity contribution in [3.63, 3.8) is 0 Å². The monoisotopic (exact) mass is 291 g/mol. The maximum atomic E-state index is 5.08. The molecule has 2 aromatic heterocycles. The minimum Gasteiger partial charge on any atom is -0.385 e. The van der Waals surface area contributed by atoms with Crippen LogP contribution in [0.5, 0.6) is 0 Å². The summed E-state index contributed by atoms with van der Waals surface area (Å²) in [7, 11) is 1.69. The van der Waals surface area contributed by atoms with Crippen LogP contribution in [-0.2, 0) is 4.74 Å². The lowest BCUT2D eigenvalue weighted by atomic mass is 10.2. The first kappa shape index (κ1) is 15.2. The molecule has 2 heterocycles. The van der Waals surface area contributed by atoms with Crippen LogP contribution in [0.2, 0.25) is 0 Å². The molecule has 0 saturated heterocycles. The maximum Gasteiger partial charge on any atom is 0.241 e. The van der Waals surface area contributed by atoms with E-state index in [4.69, 9.17) is 4.74 Å². The van der Waals surface area contributed by atoms with Crippen molar-refractivity contribution in [3.05, 3.63) is 18.7 Å². The van der Waals surface area contributed by atoms with Crippen LogP contribution in [0.3, 0.4) is 0 Å². The summed E-state index contributed by atoms with van der Waals surface area (Å²) < 4.78 is 6.82. The molecule has 0 spiro atoms. The van der Waals surface area contributed by atoms with Crippen LogP contribution in [-0.4, -0.2) is 50.8 Å². The minimum atomic E-state index is 0.206. The third-order valence-electron chi connectivity index (χ3n) is 2.82. The Kier molecular flexibility index (Phi) is 5.44. The van der Waals surface area contributed by atoms with Gasteiger partial charge >= 0.3 is 0 Å². The Hall–Kier alpha value is -2.22. The molecule has 2 aromatic rings. The topological polar surface area (TPSA) is 89.8 Å². The number of imidazole rings is 1. The first-order valence-corrected chi connectivity index (χ1v) is 6.96. The van der Waals surface area contributed by atoms with E-state index in [0.717, 1.165) is 13.0 Å². The molecule has 0 saturated carbocycles. The quantitative estimate of drug-likeness (QED) is 0.758. The van der Waals surface area contributed by atoms with E-state index in [1.807, 2.05) is 6.92 Å². The Morgan fingerprint density at radius 2 is 2.10 bits per heavy atom. The zero-order valence-electron chi connectivity index (χ0n) is 12.6. The molecule has 0 aromatic carbocycles. The van der Waals surface area contributed by atoms with Gasteiger partial charge < -0.3 is 15.4 Å². The Morgan fingerprint density at radius 1 is 1.29 bits per heavy atom. The molecule has 2 rings (SSSR count). The van der Waals surface area contributed by atoms with E-state index >= 15 is 0 Å². The van der Waals surface area contributed by atoms with E-state index in [0.29, 0.717) is 24.5 Å². The molecular weight excluding hydrogens is 270 g/mol. The molecule has 21 heavy (non-hydrogen) atoms. The highest BCUT2D eigenvalue weighted by Crippen LogP contribution is 2.11. The molecule has 8 heteroatoms. The molecule has 0 aliphatic carbocycles. The Labute approximate surface area is 124 Å². The van der Waals surface area contributed by atoms with Crippen LogP contribution in [0, 0.1) is 0 Å². The summed E-state index contributed by atoms with van der Waals surface area (Å²) in [5.41, 5.74) is 0. The first-order chi connectivity index (χ1) is 10.2. The van der Waals surface area contributed by atoms with E-state index in [-0.39, 0.29) is 6.04 Å². The summed E-state index contributed by atoms with van der Waals surface area (Å²) in [5, 5.41) is 6.37. The van der Waals surface area contributed by atoms with Crippen LogP contribution < -0.4 is 10.6 Å². The lowest BCUT2D eigenvalue weighted by Crippen LogP contribution is -2.20. The highest BCUT2D eigenvalue weighted by molar-refractivity contribution is 5.38. The van der Waals surface area contributed by atoms with Gasteiger partial charge in [-0.1, -0.05) is 0 Å². The second kappa shape index (κ2) is 7.53. The zero-order chi connectivity index (χ0) is 15.1. The summed E-state index contributed by atoms with van der Waals surface area (Å²) >= 11 is 0. The fraction of sp³-hybridized carbons (Fsp3) is 0.538. The Morgan fingerprint density at radius 3 is 2.76 bits per heavy atom. The number of nitrogens with zero attached hydrogens (tertiary/aromatic N) is 5. The van der Waals surface area contributed by atoms with Gasteiger partial charge in [-0.05, 0) is 20.3 Å². The van der Waals surface area contributed by atoms with Gasteiger partial charge in [0.05, 0.1) is 0 Å². The van der Waals surface area contributed by atoms with Crippen molar-refractivity contribution in [2.45, 2.75) is 26.3 Å². The molecule has 8 nitrogen and oxygen atoms in total. The number of hydrogen-bond donors (Lipinski definition) is 2. The van der Waals surface area contributed by atoms with Crippen molar-refractivity contribution in [2.24, 2.45) is 0 Å². The average molecular weight is 291 g/mol. The molecule has 114 valence electrons. The van der Waals surface area contributed by atoms with Crippen LogP contribution >= 0.6 is 0 Å². The van der Waals surface area contributed by atoms with Crippen molar-refractivity contribution in [3.8, 4) is 5.95 Å². The van der Waals surface area contributed by atoms with Crippen LogP contribution in [0.15, 0.2) is 18.7 Å². The molecule has 0 aliphatic heterocycles. The standard InChI is InChI=1S/C13H21N7O/c1-4-15-11-17-12(16-10(2)5-8-21-3)19-13(18-11)20-7-6-14-9-20/h6-7,9-10H,4-5,8H2,1-3H3,(H2,15,16,17,18,19). The number of aromatic nitrogens is 5. The predicted molar refractivity (Wildman–Crippen MR) is 80.7 cm³/mol. The lowest BCUT2D eigenvalue weighted by molar-refractivity contribution is 0.191. The van der Waals surface area contributed by atoms with Crippen molar-refractivity contribution in [1.29, 1.82) is 0 Å². The Balaban J connectivity index is 2.19. The number of ether oxygens (including phenoxy) is 1. The number of methoxy groups -OCH3 is 1. The highest BCUT2D eigenvalue weighted by atomic mass is 16.5. The molecule has 2 N–H and O–H groups in total. The molecule has 0 amide bonds. The summed E-state index contributed by atoms with van der Waals surface area (Å²) in [4.78, 5) is 17.1. The van der Waals surface area contributed by atoms with Gasteiger partial charge in [0.1, 0.15) is 6.33 Å². The second-order valence-electron chi connectivity index (χ2n) is 4.61. The largest absolute Gasteiger partial charge is 0.385 e. The molecular formula is C13H21N7O. The summed E-state index contributed by atoms with van der Waals surface area (Å²) in [6.45, 7) is 5.49. The molecule has 0 fully saturated rings. The first-order valence-electron chi connectivity index (χ1n) is 6.96. The molecule has 0 aliphatic rings. The SMILES string of the molecule is CCNc1nc(NC(C)CCOC)nc(-n2ccnc2)n1. The van der Waals surface area contributed by atoms with Gasteiger partial charge in [0, 0.05) is 38.7 Å². The normalized spacial score (nSPS) is 12.1. The Bertz CT molecular complexity index is 543. The third kappa shape index (κ3) is 4.38. The minimum absolute atomic E-state index is 0.206. The van der Waals surface area contributed by atoms with E-state index < -0.39 is 0 Å². The van der Waals surface area contributed by atoms with Gasteiger partial charge in [0.2, 0.25) is 17.8 Å². The molecule has 1 atom stereocenters. The van der Waals surface area contributed by atoms with Gasteiger partial charge in [-0.25, -0.2) is 4.98 Å². The highest BCUT2D eigenvalue weighted by Gasteiger charge is 2.10. The van der Waals surface area contributed by atoms with Crippen molar-refractivity contribution < 1.29 is 4.74 Å². The summed E-state index contributed by atoms with van der Waals surface area (Å²) in [5.74, 6) is 1.60. The van der Waals surface area contributed by atoms with Crippen LogP contribution in [0.25, 0.3) is 5.95 Å². The maximum absolute atomic E-state index is 5.08. The van der Waals surface area contributed by atoms with Gasteiger partial charge in [0.15, 0.2) is 0 Å². The summed E-state index contributed by atoms with van der Waals surface area (Å²) in [6, 6.07) is 0.206. The second-order valence-corrected chi connectivity index (χ2v) is 4.61. The average Bonchev–Trinajstić information content (AvgIpc) is 2.99.